The van der Waals surface area contributed by atoms with Crippen molar-refractivity contribution in [1.82, 2.24) is 5.16 Å². The summed E-state index contributed by atoms with van der Waals surface area (Å²) in [6.45, 7) is 0. The highest BCUT2D eigenvalue weighted by Crippen LogP contribution is 2.16. The Balaban J connectivity index is 0.000000239. The van der Waals surface area contributed by atoms with Gasteiger partial charge in [0.1, 0.15) is 6.26 Å². The molecule has 0 aliphatic heterocycles. The summed E-state index contributed by atoms with van der Waals surface area (Å²) in [7, 11) is 0. The molecule has 0 saturated carbocycles. The summed E-state index contributed by atoms with van der Waals surface area (Å²) in [6.07, 6.45) is 3.10. The number of nitrogens with zero attached hydrogens (tertiary/aromatic N) is 3. The fourth-order valence-corrected chi connectivity index (χ4v) is 0.872. The lowest BCUT2D eigenvalue weighted by molar-refractivity contribution is -0.389. The molecule has 8 heteroatoms. The molecule has 1 aromatic heterocycles. The van der Waals surface area contributed by atoms with Crippen molar-refractivity contribution < 1.29 is 14.4 Å². The standard InChI is InChI=1S/C6H4N2O4.C3H3NO/c9-7(10)5-1-2-6(4-3-5)8(11)12;1-2-4-5-3-1/h1-4H;1-3H. The Morgan fingerprint density at radius 2 is 1.47 bits per heavy atom. The molecule has 88 valence electrons. The molecule has 2 aromatic rings. The maximum Gasteiger partial charge on any atom is 0.269 e. The molecule has 0 aliphatic rings. The van der Waals surface area contributed by atoms with E-state index in [0.717, 1.165) is 24.3 Å². The average molecular weight is 237 g/mol. The minimum Gasteiger partial charge on any atom is -0.365 e. The van der Waals surface area contributed by atoms with E-state index in [1.54, 1.807) is 12.3 Å². The second kappa shape index (κ2) is 5.95. The molecule has 0 fully saturated rings. The monoisotopic (exact) mass is 237 g/mol. The van der Waals surface area contributed by atoms with Gasteiger partial charge >= 0.3 is 0 Å². The van der Waals surface area contributed by atoms with Gasteiger partial charge in [0, 0.05) is 24.3 Å². The zero-order valence-corrected chi connectivity index (χ0v) is 8.42. The number of nitro groups is 2. The maximum absolute atomic E-state index is 10.1. The third-order valence-electron chi connectivity index (χ3n) is 1.62. The van der Waals surface area contributed by atoms with Crippen molar-refractivity contribution in [1.29, 1.82) is 0 Å². The molecule has 0 saturated heterocycles. The van der Waals surface area contributed by atoms with E-state index in [1.807, 2.05) is 0 Å². The number of hydrogen-bond donors (Lipinski definition) is 0. The van der Waals surface area contributed by atoms with E-state index in [4.69, 9.17) is 0 Å². The summed E-state index contributed by atoms with van der Waals surface area (Å²) in [4.78, 5) is 19.0. The molecule has 0 bridgehead atoms. The molecule has 0 aliphatic carbocycles. The Labute approximate surface area is 94.8 Å². The Morgan fingerprint density at radius 1 is 1.00 bits per heavy atom. The van der Waals surface area contributed by atoms with Crippen LogP contribution in [-0.4, -0.2) is 15.0 Å². The summed E-state index contributed by atoms with van der Waals surface area (Å²) in [5.74, 6) is 0. The van der Waals surface area contributed by atoms with E-state index in [9.17, 15) is 20.2 Å². The molecule has 0 N–H and O–H groups in total. The van der Waals surface area contributed by atoms with Crippen LogP contribution in [0, 0.1) is 20.2 Å². The third kappa shape index (κ3) is 4.08. The fraction of sp³-hybridized carbons (Fsp3) is 0. The highest BCUT2D eigenvalue weighted by molar-refractivity contribution is 5.39. The predicted octanol–water partition coefficient (Wildman–Crippen LogP) is 2.18. The molecule has 0 spiro atoms. The van der Waals surface area contributed by atoms with Crippen LogP contribution < -0.4 is 0 Å². The number of hydrogen-bond acceptors (Lipinski definition) is 6. The van der Waals surface area contributed by atoms with Crippen molar-refractivity contribution >= 4 is 11.4 Å². The van der Waals surface area contributed by atoms with Gasteiger partial charge in [-0.2, -0.15) is 0 Å². The van der Waals surface area contributed by atoms with Gasteiger partial charge in [0.05, 0.1) is 16.0 Å². The van der Waals surface area contributed by atoms with Crippen LogP contribution in [0.15, 0.2) is 47.3 Å². The Kier molecular flexibility index (Phi) is 4.31. The van der Waals surface area contributed by atoms with Gasteiger partial charge in [-0.15, -0.1) is 0 Å². The van der Waals surface area contributed by atoms with E-state index in [-0.39, 0.29) is 11.4 Å². The van der Waals surface area contributed by atoms with E-state index >= 15 is 0 Å². The van der Waals surface area contributed by atoms with Crippen LogP contribution in [0.2, 0.25) is 0 Å². The Morgan fingerprint density at radius 3 is 1.65 bits per heavy atom. The molecular weight excluding hydrogens is 230 g/mol. The quantitative estimate of drug-likeness (QED) is 0.584. The lowest BCUT2D eigenvalue weighted by Crippen LogP contribution is -1.90. The molecule has 2 rings (SSSR count). The van der Waals surface area contributed by atoms with Crippen LogP contribution in [0.4, 0.5) is 11.4 Å². The largest absolute Gasteiger partial charge is 0.365 e. The first kappa shape index (κ1) is 12.3. The van der Waals surface area contributed by atoms with Gasteiger partial charge in [-0.25, -0.2) is 0 Å². The van der Waals surface area contributed by atoms with Crippen molar-refractivity contribution in [2.75, 3.05) is 0 Å². The van der Waals surface area contributed by atoms with Crippen LogP contribution in [0.25, 0.3) is 0 Å². The van der Waals surface area contributed by atoms with Crippen LogP contribution in [0.5, 0.6) is 0 Å². The zero-order chi connectivity index (χ0) is 12.7. The van der Waals surface area contributed by atoms with Crippen molar-refractivity contribution in [3.8, 4) is 0 Å². The highest BCUT2D eigenvalue weighted by atomic mass is 16.6. The van der Waals surface area contributed by atoms with Crippen molar-refractivity contribution in [3.05, 3.63) is 63.0 Å². The first-order valence-corrected chi connectivity index (χ1v) is 4.34. The van der Waals surface area contributed by atoms with E-state index in [2.05, 4.69) is 9.68 Å². The molecular formula is C9H7N3O5. The van der Waals surface area contributed by atoms with E-state index < -0.39 is 9.85 Å². The SMILES string of the molecule is O=[N+]([O-])c1ccc([N+](=O)[O-])cc1.c1cnoc1. The smallest absolute Gasteiger partial charge is 0.269 e. The number of rotatable bonds is 2. The van der Waals surface area contributed by atoms with E-state index in [0.29, 0.717) is 0 Å². The summed E-state index contributed by atoms with van der Waals surface area (Å²) in [5.41, 5.74) is -0.304. The number of non-ortho nitro benzene ring substituents is 2. The zero-order valence-electron chi connectivity index (χ0n) is 8.42. The number of benzene rings is 1. The Bertz CT molecular complexity index is 430. The molecule has 0 radical (unpaired) electrons. The van der Waals surface area contributed by atoms with Gasteiger partial charge in [0.2, 0.25) is 0 Å². The van der Waals surface area contributed by atoms with Crippen LogP contribution >= 0.6 is 0 Å². The van der Waals surface area contributed by atoms with Gasteiger partial charge in [-0.05, 0) is 6.07 Å². The topological polar surface area (TPSA) is 112 Å². The van der Waals surface area contributed by atoms with Crippen molar-refractivity contribution in [3.63, 3.8) is 0 Å². The lowest BCUT2D eigenvalue weighted by atomic mass is 10.3. The predicted molar refractivity (Wildman–Crippen MR) is 56.3 cm³/mol. The second-order valence-electron chi connectivity index (χ2n) is 2.72. The molecule has 0 amide bonds. The fourth-order valence-electron chi connectivity index (χ4n) is 0.872. The average Bonchev–Trinajstić information content (AvgIpc) is 2.87. The molecule has 1 aromatic carbocycles. The third-order valence-corrected chi connectivity index (χ3v) is 1.62. The van der Waals surface area contributed by atoms with Gasteiger partial charge in [-0.1, -0.05) is 5.16 Å². The Hall–Kier alpha value is -2.77. The first-order valence-electron chi connectivity index (χ1n) is 4.34. The molecule has 0 atom stereocenters. The second-order valence-corrected chi connectivity index (χ2v) is 2.72. The summed E-state index contributed by atoms with van der Waals surface area (Å²) < 4.78 is 4.33. The minimum absolute atomic E-state index is 0.152. The normalized spacial score (nSPS) is 8.94. The van der Waals surface area contributed by atoms with E-state index in [1.165, 1.54) is 6.26 Å². The van der Waals surface area contributed by atoms with Crippen LogP contribution in [0.3, 0.4) is 0 Å². The van der Waals surface area contributed by atoms with Crippen LogP contribution in [-0.2, 0) is 0 Å². The maximum atomic E-state index is 10.1. The summed E-state index contributed by atoms with van der Waals surface area (Å²) >= 11 is 0. The number of nitro benzene ring substituents is 2. The van der Waals surface area contributed by atoms with Crippen molar-refractivity contribution in [2.45, 2.75) is 0 Å². The van der Waals surface area contributed by atoms with Gasteiger partial charge in [0.25, 0.3) is 11.4 Å². The molecule has 8 nitrogen and oxygen atoms in total. The number of aromatic nitrogens is 1. The van der Waals surface area contributed by atoms with Gasteiger partial charge < -0.3 is 4.52 Å². The molecule has 0 unspecified atom stereocenters. The summed E-state index contributed by atoms with van der Waals surface area (Å²) in [5, 5.41) is 23.6. The van der Waals surface area contributed by atoms with Crippen LogP contribution in [0.1, 0.15) is 0 Å². The lowest BCUT2D eigenvalue weighted by Gasteiger charge is -1.90. The highest BCUT2D eigenvalue weighted by Gasteiger charge is 2.08. The molecule has 1 heterocycles. The summed E-state index contributed by atoms with van der Waals surface area (Å²) in [6, 6.07) is 6.10. The van der Waals surface area contributed by atoms with Gasteiger partial charge in [0.15, 0.2) is 0 Å². The molecule has 17 heavy (non-hydrogen) atoms. The van der Waals surface area contributed by atoms with Crippen molar-refractivity contribution in [2.24, 2.45) is 0 Å². The first-order chi connectivity index (χ1) is 8.11. The minimum atomic E-state index is -0.607. The van der Waals surface area contributed by atoms with Gasteiger partial charge in [-0.3, -0.25) is 20.2 Å².